The summed E-state index contributed by atoms with van der Waals surface area (Å²) < 4.78 is 54.5. The highest BCUT2D eigenvalue weighted by molar-refractivity contribution is 5.87. The maximum atomic E-state index is 13.7. The Morgan fingerprint density at radius 2 is 1.81 bits per heavy atom. The molecule has 1 saturated carbocycles. The Kier molecular flexibility index (Phi) is 8.48. The van der Waals surface area contributed by atoms with Crippen LogP contribution < -0.4 is 9.47 Å². The lowest BCUT2D eigenvalue weighted by atomic mass is 9.64. The molecule has 0 bridgehead atoms. The molecule has 1 aliphatic rings. The summed E-state index contributed by atoms with van der Waals surface area (Å²) >= 11 is 0. The molecule has 4 rings (SSSR count). The molecule has 1 aromatic heterocycles. The Balaban J connectivity index is 1.37. The molecule has 10 heteroatoms. The predicted octanol–water partition coefficient (Wildman–Crippen LogP) is 5.46. The average Bonchev–Trinajstić information content (AvgIpc) is 3.38. The molecule has 2 aromatic carbocycles. The van der Waals surface area contributed by atoms with E-state index in [1.165, 1.54) is 30.6 Å². The van der Waals surface area contributed by atoms with Crippen molar-refractivity contribution in [2.75, 3.05) is 13.2 Å². The second-order valence-corrected chi connectivity index (χ2v) is 9.57. The SMILES string of the molecule is C[C@@]1(CCOCc2ccccc2)CC[C@@H](COc2ccc(OC(F)(F)F)cc2)[C@H](Cn2cncn2)C1=O. The topological polar surface area (TPSA) is 75.5 Å². The molecule has 0 N–H and O–H groups in total. The summed E-state index contributed by atoms with van der Waals surface area (Å²) in [6.45, 7) is 3.60. The number of aromatic nitrogens is 3. The zero-order valence-corrected chi connectivity index (χ0v) is 20.6. The summed E-state index contributed by atoms with van der Waals surface area (Å²) in [6, 6.07) is 15.1. The van der Waals surface area contributed by atoms with Gasteiger partial charge in [0.15, 0.2) is 0 Å². The zero-order chi connectivity index (χ0) is 26.3. The van der Waals surface area contributed by atoms with Gasteiger partial charge in [0.2, 0.25) is 0 Å². The van der Waals surface area contributed by atoms with Crippen molar-refractivity contribution < 1.29 is 32.2 Å². The Bertz CT molecular complexity index is 1120. The molecule has 7 nitrogen and oxygen atoms in total. The number of rotatable bonds is 11. The molecule has 0 saturated heterocycles. The second kappa shape index (κ2) is 11.8. The summed E-state index contributed by atoms with van der Waals surface area (Å²) in [5, 5.41) is 4.18. The first-order valence-electron chi connectivity index (χ1n) is 12.2. The van der Waals surface area contributed by atoms with E-state index in [0.29, 0.717) is 38.3 Å². The minimum absolute atomic E-state index is 0.0823. The van der Waals surface area contributed by atoms with Crippen molar-refractivity contribution in [3.8, 4) is 11.5 Å². The Morgan fingerprint density at radius 1 is 1.08 bits per heavy atom. The van der Waals surface area contributed by atoms with Crippen LogP contribution in [-0.4, -0.2) is 40.1 Å². The van der Waals surface area contributed by atoms with Crippen LogP contribution in [0.25, 0.3) is 0 Å². The van der Waals surface area contributed by atoms with Crippen molar-refractivity contribution in [2.45, 2.75) is 45.7 Å². The largest absolute Gasteiger partial charge is 0.573 e. The van der Waals surface area contributed by atoms with Gasteiger partial charge in [0.25, 0.3) is 0 Å². The van der Waals surface area contributed by atoms with Crippen LogP contribution in [0.4, 0.5) is 13.2 Å². The maximum Gasteiger partial charge on any atom is 0.573 e. The smallest absolute Gasteiger partial charge is 0.493 e. The number of alkyl halides is 3. The van der Waals surface area contributed by atoms with Crippen LogP contribution in [-0.2, 0) is 22.7 Å². The molecular formula is C27H30F3N3O4. The van der Waals surface area contributed by atoms with E-state index >= 15 is 0 Å². The number of carbonyl (C=O) groups is 1. The van der Waals surface area contributed by atoms with Crippen LogP contribution >= 0.6 is 0 Å². The molecule has 0 amide bonds. The van der Waals surface area contributed by atoms with Gasteiger partial charge in [-0.1, -0.05) is 37.3 Å². The van der Waals surface area contributed by atoms with Crippen LogP contribution in [0.3, 0.4) is 0 Å². The molecule has 0 unspecified atom stereocenters. The van der Waals surface area contributed by atoms with Gasteiger partial charge in [-0.15, -0.1) is 13.2 Å². The lowest BCUT2D eigenvalue weighted by Gasteiger charge is -2.41. The first-order chi connectivity index (χ1) is 17.7. The molecular weight excluding hydrogens is 487 g/mol. The molecule has 0 radical (unpaired) electrons. The van der Waals surface area contributed by atoms with Crippen LogP contribution in [0.5, 0.6) is 11.5 Å². The Labute approximate surface area is 213 Å². The van der Waals surface area contributed by atoms with Crippen LogP contribution in [0.2, 0.25) is 0 Å². The van der Waals surface area contributed by atoms with Gasteiger partial charge in [-0.25, -0.2) is 4.98 Å². The molecule has 3 atom stereocenters. The van der Waals surface area contributed by atoms with Crippen molar-refractivity contribution >= 4 is 5.78 Å². The molecule has 1 heterocycles. The molecule has 198 valence electrons. The number of carbonyl (C=O) groups excluding carboxylic acids is 1. The van der Waals surface area contributed by atoms with E-state index in [9.17, 15) is 18.0 Å². The average molecular weight is 518 g/mol. The van der Waals surface area contributed by atoms with Crippen molar-refractivity contribution in [1.29, 1.82) is 0 Å². The normalized spacial score (nSPS) is 22.1. The number of halogens is 3. The molecule has 0 spiro atoms. The number of benzene rings is 2. The third kappa shape index (κ3) is 7.55. The number of ketones is 1. The maximum absolute atomic E-state index is 13.7. The number of hydrogen-bond acceptors (Lipinski definition) is 6. The van der Waals surface area contributed by atoms with Gasteiger partial charge >= 0.3 is 6.36 Å². The molecule has 0 aliphatic heterocycles. The predicted molar refractivity (Wildman–Crippen MR) is 129 cm³/mol. The fourth-order valence-corrected chi connectivity index (χ4v) is 4.70. The van der Waals surface area contributed by atoms with E-state index in [1.807, 2.05) is 37.3 Å². The van der Waals surface area contributed by atoms with Gasteiger partial charge in [0.05, 0.1) is 19.8 Å². The van der Waals surface area contributed by atoms with Crippen molar-refractivity contribution in [2.24, 2.45) is 17.3 Å². The lowest BCUT2D eigenvalue weighted by Crippen LogP contribution is -2.46. The fourth-order valence-electron chi connectivity index (χ4n) is 4.70. The molecule has 3 aromatic rings. The minimum atomic E-state index is -4.75. The quantitative estimate of drug-likeness (QED) is 0.314. The number of ether oxygens (including phenoxy) is 3. The van der Waals surface area contributed by atoms with E-state index < -0.39 is 11.8 Å². The zero-order valence-electron chi connectivity index (χ0n) is 20.6. The molecule has 37 heavy (non-hydrogen) atoms. The van der Waals surface area contributed by atoms with E-state index in [1.54, 1.807) is 11.0 Å². The van der Waals surface area contributed by atoms with E-state index in [0.717, 1.165) is 12.0 Å². The van der Waals surface area contributed by atoms with Crippen molar-refractivity contribution in [3.05, 3.63) is 72.8 Å². The molecule has 1 fully saturated rings. The highest BCUT2D eigenvalue weighted by Gasteiger charge is 2.45. The third-order valence-corrected chi connectivity index (χ3v) is 6.85. The van der Waals surface area contributed by atoms with Crippen LogP contribution in [0.15, 0.2) is 67.3 Å². The second-order valence-electron chi connectivity index (χ2n) is 9.57. The van der Waals surface area contributed by atoms with Gasteiger partial charge in [-0.3, -0.25) is 9.48 Å². The highest BCUT2D eigenvalue weighted by atomic mass is 19.4. The lowest BCUT2D eigenvalue weighted by molar-refractivity contribution is -0.274. The fraction of sp³-hybridized carbons (Fsp3) is 0.444. The van der Waals surface area contributed by atoms with E-state index in [2.05, 4.69) is 14.8 Å². The third-order valence-electron chi connectivity index (χ3n) is 6.85. The minimum Gasteiger partial charge on any atom is -0.493 e. The van der Waals surface area contributed by atoms with Gasteiger partial charge < -0.3 is 14.2 Å². The summed E-state index contributed by atoms with van der Waals surface area (Å²) in [6.07, 6.45) is 0.329. The Hall–Kier alpha value is -3.40. The first kappa shape index (κ1) is 26.7. The van der Waals surface area contributed by atoms with Gasteiger partial charge in [-0.05, 0) is 49.1 Å². The highest BCUT2D eigenvalue weighted by Crippen LogP contribution is 2.42. The van der Waals surface area contributed by atoms with Gasteiger partial charge in [0, 0.05) is 23.9 Å². The number of Topliss-reactive ketones (excluding diaryl/α,β-unsaturated/α-hetero) is 1. The van der Waals surface area contributed by atoms with E-state index in [-0.39, 0.29) is 30.0 Å². The summed E-state index contributed by atoms with van der Waals surface area (Å²) in [4.78, 5) is 17.7. The first-order valence-corrected chi connectivity index (χ1v) is 12.2. The van der Waals surface area contributed by atoms with Crippen LogP contribution in [0.1, 0.15) is 31.7 Å². The van der Waals surface area contributed by atoms with Crippen molar-refractivity contribution in [3.63, 3.8) is 0 Å². The summed E-state index contributed by atoms with van der Waals surface area (Å²) in [5.74, 6) is -0.199. The van der Waals surface area contributed by atoms with Gasteiger partial charge in [-0.2, -0.15) is 5.10 Å². The van der Waals surface area contributed by atoms with Crippen molar-refractivity contribution in [1.82, 2.24) is 14.8 Å². The Morgan fingerprint density at radius 3 is 2.49 bits per heavy atom. The van der Waals surface area contributed by atoms with E-state index in [4.69, 9.17) is 9.47 Å². The summed E-state index contributed by atoms with van der Waals surface area (Å²) in [7, 11) is 0. The van der Waals surface area contributed by atoms with Crippen LogP contribution in [0, 0.1) is 17.3 Å². The molecule has 1 aliphatic carbocycles. The number of nitrogens with zero attached hydrogens (tertiary/aromatic N) is 3. The standard InChI is InChI=1S/C27H30F3N3O4/c1-26(13-14-35-16-20-5-3-2-4-6-20)12-11-21(24(25(26)34)15-33-19-31-18-32-33)17-36-22-7-9-23(10-8-22)37-27(28,29)30/h2-10,18-19,21,24H,11-17H2,1H3/t21-,24-,26-/m0/s1. The summed E-state index contributed by atoms with van der Waals surface area (Å²) in [5.41, 5.74) is 0.552. The number of hydrogen-bond donors (Lipinski definition) is 0. The monoisotopic (exact) mass is 517 g/mol. The van der Waals surface area contributed by atoms with Gasteiger partial charge in [0.1, 0.15) is 29.9 Å².